The highest BCUT2D eigenvalue weighted by molar-refractivity contribution is 7.90. The van der Waals surface area contributed by atoms with Crippen molar-refractivity contribution in [1.82, 2.24) is 4.90 Å². The Balaban J connectivity index is 1.93. The Morgan fingerprint density at radius 1 is 1.27 bits per heavy atom. The predicted octanol–water partition coefficient (Wildman–Crippen LogP) is 2.09. The van der Waals surface area contributed by atoms with Crippen molar-refractivity contribution < 1.29 is 27.8 Å². The van der Waals surface area contributed by atoms with Crippen molar-refractivity contribution in [2.24, 2.45) is 5.92 Å². The lowest BCUT2D eigenvalue weighted by atomic mass is 10.1. The molecule has 1 unspecified atom stereocenters. The molecule has 0 radical (unpaired) electrons. The molecule has 1 aromatic carbocycles. The largest absolute Gasteiger partial charge is 0.493 e. The number of carbonyl (C=O) groups is 1. The second kappa shape index (κ2) is 7.84. The van der Waals surface area contributed by atoms with E-state index in [0.717, 1.165) is 6.26 Å². The fraction of sp³-hybridized carbons (Fsp3) is 0.611. The highest BCUT2D eigenvalue weighted by Crippen LogP contribution is 2.26. The standard InChI is InChI=1S/C18H27NO6S/c1-18(2,3)25-17(21)19-10-13(9-14(19)11-20)12-24-15-5-7-16(8-6-15)26(4,22)23/h5-8,13-14,20H,9-12H2,1-4H3/t13?,14-/m0/s1. The molecule has 1 fully saturated rings. The second-order valence-corrected chi connectivity index (χ2v) is 9.64. The van der Waals surface area contributed by atoms with Crippen LogP contribution in [0.2, 0.25) is 0 Å². The lowest BCUT2D eigenvalue weighted by molar-refractivity contribution is 0.0170. The van der Waals surface area contributed by atoms with E-state index in [9.17, 15) is 18.3 Å². The van der Waals surface area contributed by atoms with Gasteiger partial charge in [-0.05, 0) is 51.5 Å². The molecule has 1 saturated heterocycles. The molecule has 0 saturated carbocycles. The van der Waals surface area contributed by atoms with Crippen LogP contribution in [-0.2, 0) is 14.6 Å². The molecular formula is C18H27NO6S. The maximum Gasteiger partial charge on any atom is 0.410 e. The first-order valence-electron chi connectivity index (χ1n) is 8.53. The second-order valence-electron chi connectivity index (χ2n) is 7.63. The van der Waals surface area contributed by atoms with Gasteiger partial charge < -0.3 is 19.5 Å². The van der Waals surface area contributed by atoms with E-state index in [2.05, 4.69) is 0 Å². The highest BCUT2D eigenvalue weighted by atomic mass is 32.2. The van der Waals surface area contributed by atoms with Crippen molar-refractivity contribution in [2.45, 2.75) is 43.7 Å². The third-order valence-electron chi connectivity index (χ3n) is 4.08. The molecule has 26 heavy (non-hydrogen) atoms. The molecule has 8 heteroatoms. The van der Waals surface area contributed by atoms with Crippen LogP contribution in [0.3, 0.4) is 0 Å². The van der Waals surface area contributed by atoms with Gasteiger partial charge in [0, 0.05) is 18.7 Å². The molecule has 1 aliphatic heterocycles. The Bertz CT molecular complexity index is 723. The summed E-state index contributed by atoms with van der Waals surface area (Å²) in [6.07, 6.45) is 1.34. The molecule has 146 valence electrons. The molecule has 0 aromatic heterocycles. The van der Waals surface area contributed by atoms with Crippen LogP contribution in [0.1, 0.15) is 27.2 Å². The van der Waals surface area contributed by atoms with Gasteiger partial charge in [-0.15, -0.1) is 0 Å². The Kier molecular flexibility index (Phi) is 6.18. The molecule has 0 aliphatic carbocycles. The van der Waals surface area contributed by atoms with Crippen LogP contribution in [0.25, 0.3) is 0 Å². The van der Waals surface area contributed by atoms with E-state index in [-0.39, 0.29) is 23.5 Å². The topological polar surface area (TPSA) is 93.1 Å². The average molecular weight is 385 g/mol. The quantitative estimate of drug-likeness (QED) is 0.834. The number of benzene rings is 1. The summed E-state index contributed by atoms with van der Waals surface area (Å²) < 4.78 is 34.0. The van der Waals surface area contributed by atoms with E-state index >= 15 is 0 Å². The van der Waals surface area contributed by atoms with Gasteiger partial charge in [-0.2, -0.15) is 0 Å². The van der Waals surface area contributed by atoms with Crippen LogP contribution in [0.4, 0.5) is 4.79 Å². The van der Waals surface area contributed by atoms with E-state index in [1.54, 1.807) is 37.8 Å². The summed E-state index contributed by atoms with van der Waals surface area (Å²) in [5.74, 6) is 0.628. The van der Waals surface area contributed by atoms with Crippen molar-refractivity contribution in [1.29, 1.82) is 0 Å². The zero-order chi connectivity index (χ0) is 19.5. The van der Waals surface area contributed by atoms with Crippen molar-refractivity contribution in [3.8, 4) is 5.75 Å². The summed E-state index contributed by atoms with van der Waals surface area (Å²) in [5.41, 5.74) is -0.590. The number of hydrogen-bond acceptors (Lipinski definition) is 6. The number of carbonyl (C=O) groups excluding carboxylic acids is 1. The molecule has 1 N–H and O–H groups in total. The maximum atomic E-state index is 12.3. The number of rotatable bonds is 5. The van der Waals surface area contributed by atoms with Crippen LogP contribution in [-0.4, -0.2) is 62.2 Å². The number of aliphatic hydroxyl groups is 1. The van der Waals surface area contributed by atoms with Gasteiger partial charge in [-0.1, -0.05) is 0 Å². The van der Waals surface area contributed by atoms with Gasteiger partial charge in [-0.3, -0.25) is 0 Å². The lowest BCUT2D eigenvalue weighted by Gasteiger charge is -2.27. The Morgan fingerprint density at radius 3 is 2.38 bits per heavy atom. The predicted molar refractivity (Wildman–Crippen MR) is 97.0 cm³/mol. The minimum atomic E-state index is -3.23. The fourth-order valence-electron chi connectivity index (χ4n) is 2.85. The molecule has 1 amide bonds. The van der Waals surface area contributed by atoms with E-state index in [1.807, 2.05) is 0 Å². The van der Waals surface area contributed by atoms with Crippen LogP contribution in [0.15, 0.2) is 29.2 Å². The molecular weight excluding hydrogens is 358 g/mol. The summed E-state index contributed by atoms with van der Waals surface area (Å²) in [4.78, 5) is 14.1. The van der Waals surface area contributed by atoms with Crippen LogP contribution in [0, 0.1) is 5.92 Å². The fourth-order valence-corrected chi connectivity index (χ4v) is 3.48. The smallest absolute Gasteiger partial charge is 0.410 e. The number of ether oxygens (including phenoxy) is 2. The lowest BCUT2D eigenvalue weighted by Crippen LogP contribution is -2.41. The summed E-state index contributed by atoms with van der Waals surface area (Å²) >= 11 is 0. The van der Waals surface area contributed by atoms with Gasteiger partial charge in [0.2, 0.25) is 0 Å². The first-order valence-corrected chi connectivity index (χ1v) is 10.4. The van der Waals surface area contributed by atoms with Crippen LogP contribution < -0.4 is 4.74 Å². The third-order valence-corrected chi connectivity index (χ3v) is 5.21. The SMILES string of the molecule is CC(C)(C)OC(=O)N1CC(COc2ccc(S(C)(=O)=O)cc2)C[C@H]1CO. The molecule has 0 spiro atoms. The Labute approximate surface area is 154 Å². The number of sulfone groups is 1. The Hall–Kier alpha value is -1.80. The molecule has 2 rings (SSSR count). The average Bonchev–Trinajstić information content (AvgIpc) is 2.94. The first kappa shape index (κ1) is 20.5. The van der Waals surface area contributed by atoms with Crippen molar-refractivity contribution in [3.63, 3.8) is 0 Å². The summed E-state index contributed by atoms with van der Waals surface area (Å²) in [7, 11) is -3.23. The normalized spacial score (nSPS) is 20.9. The zero-order valence-electron chi connectivity index (χ0n) is 15.6. The molecule has 2 atom stereocenters. The molecule has 7 nitrogen and oxygen atoms in total. The van der Waals surface area contributed by atoms with Gasteiger partial charge in [-0.25, -0.2) is 13.2 Å². The van der Waals surface area contributed by atoms with Crippen LogP contribution >= 0.6 is 0 Å². The van der Waals surface area contributed by atoms with Gasteiger partial charge in [0.1, 0.15) is 11.4 Å². The molecule has 1 heterocycles. The van der Waals surface area contributed by atoms with E-state index in [4.69, 9.17) is 9.47 Å². The van der Waals surface area contributed by atoms with Gasteiger partial charge in [0.15, 0.2) is 9.84 Å². The van der Waals surface area contributed by atoms with Gasteiger partial charge in [0.05, 0.1) is 24.2 Å². The van der Waals surface area contributed by atoms with Crippen molar-refractivity contribution >= 4 is 15.9 Å². The zero-order valence-corrected chi connectivity index (χ0v) is 16.5. The molecule has 1 aliphatic rings. The number of aliphatic hydroxyl groups excluding tert-OH is 1. The minimum absolute atomic E-state index is 0.0641. The minimum Gasteiger partial charge on any atom is -0.493 e. The van der Waals surface area contributed by atoms with Crippen LogP contribution in [0.5, 0.6) is 5.75 Å². The Morgan fingerprint density at radius 2 is 1.88 bits per heavy atom. The van der Waals surface area contributed by atoms with E-state index < -0.39 is 21.5 Å². The van der Waals surface area contributed by atoms with E-state index in [0.29, 0.717) is 25.3 Å². The summed E-state index contributed by atoms with van der Waals surface area (Å²) in [6, 6.07) is 5.94. The van der Waals surface area contributed by atoms with Crippen molar-refractivity contribution in [2.75, 3.05) is 26.0 Å². The number of hydrogen-bond donors (Lipinski definition) is 1. The van der Waals surface area contributed by atoms with E-state index in [1.165, 1.54) is 12.1 Å². The summed E-state index contributed by atoms with van der Waals surface area (Å²) in [5, 5.41) is 9.55. The number of amides is 1. The molecule has 1 aromatic rings. The maximum absolute atomic E-state index is 12.3. The summed E-state index contributed by atoms with van der Waals surface area (Å²) in [6.45, 7) is 6.09. The molecule has 0 bridgehead atoms. The first-order chi connectivity index (χ1) is 12.0. The number of nitrogens with zero attached hydrogens (tertiary/aromatic N) is 1. The monoisotopic (exact) mass is 385 g/mol. The number of likely N-dealkylation sites (tertiary alicyclic amines) is 1. The highest BCUT2D eigenvalue weighted by Gasteiger charge is 2.37. The van der Waals surface area contributed by atoms with Gasteiger partial charge in [0.25, 0.3) is 0 Å². The third kappa shape index (κ3) is 5.60. The van der Waals surface area contributed by atoms with Gasteiger partial charge >= 0.3 is 6.09 Å². The van der Waals surface area contributed by atoms with Crippen molar-refractivity contribution in [3.05, 3.63) is 24.3 Å².